The van der Waals surface area contributed by atoms with Gasteiger partial charge in [0.05, 0.1) is 51.8 Å². The van der Waals surface area contributed by atoms with Crippen LogP contribution < -0.4 is 21.2 Å². The van der Waals surface area contributed by atoms with Gasteiger partial charge in [-0.05, 0) is 122 Å². The number of pyridine rings is 4. The third kappa shape index (κ3) is 14.6. The second-order valence-corrected chi connectivity index (χ2v) is 18.7. The number of ether oxygens (including phenoxy) is 2. The Morgan fingerprint density at radius 2 is 0.855 bits per heavy atom. The molecule has 1 fully saturated rings. The summed E-state index contributed by atoms with van der Waals surface area (Å²) in [5, 5.41) is 5.71. The van der Waals surface area contributed by atoms with E-state index in [4.69, 9.17) is 9.47 Å². The van der Waals surface area contributed by atoms with Gasteiger partial charge in [-0.1, -0.05) is 92.4 Å². The average molecular weight is 1030 g/mol. The Bertz CT molecular complexity index is 2260. The number of rotatable bonds is 11. The van der Waals surface area contributed by atoms with Gasteiger partial charge in [-0.2, -0.15) is 0 Å². The SMILES string of the molecule is C.C(=C[PH+](c1ccccc1)c1ccccc1)[PH+](c1ccccc1)c1ccccc1.Cc1ccnc(-c2cc(CCC3OCCO3)ccn2)c1.[Os].c1ccc(-c2ccccn2)nc1. The molecule has 0 bridgehead atoms. The summed E-state index contributed by atoms with van der Waals surface area (Å²) >= 11 is 0. The molecule has 5 heterocycles. The zero-order valence-corrected chi connectivity index (χ0v) is 38.7. The minimum absolute atomic E-state index is 0. The summed E-state index contributed by atoms with van der Waals surface area (Å²) < 4.78 is 10.9. The molecule has 0 spiro atoms. The van der Waals surface area contributed by atoms with E-state index in [1.807, 2.05) is 60.9 Å². The third-order valence-corrected chi connectivity index (χ3v) is 14.9. The predicted octanol–water partition coefficient (Wildman–Crippen LogP) is 10.7. The summed E-state index contributed by atoms with van der Waals surface area (Å²) in [5.41, 5.74) is 6.09. The van der Waals surface area contributed by atoms with Gasteiger partial charge in [0.2, 0.25) is 0 Å². The van der Waals surface area contributed by atoms with E-state index in [-0.39, 0.29) is 33.5 Å². The third-order valence-electron chi connectivity index (χ3n) is 9.71. The molecule has 1 aliphatic heterocycles. The quantitative estimate of drug-likeness (QED) is 0.120. The molecular weight excluding hydrogens is 977 g/mol. The van der Waals surface area contributed by atoms with E-state index in [9.17, 15) is 0 Å². The van der Waals surface area contributed by atoms with E-state index >= 15 is 0 Å². The molecule has 0 unspecified atom stereocenters. The number of hydrogen-bond acceptors (Lipinski definition) is 6. The Kier molecular flexibility index (Phi) is 20.1. The van der Waals surface area contributed by atoms with Crippen molar-refractivity contribution in [1.29, 1.82) is 0 Å². The number of aromatic nitrogens is 4. The van der Waals surface area contributed by atoms with Crippen LogP contribution in [0.1, 0.15) is 25.0 Å². The van der Waals surface area contributed by atoms with Crippen molar-refractivity contribution < 1.29 is 29.3 Å². The zero-order chi connectivity index (χ0) is 41.0. The average Bonchev–Trinajstić information content (AvgIpc) is 3.86. The van der Waals surface area contributed by atoms with Crippen molar-refractivity contribution >= 4 is 37.1 Å². The van der Waals surface area contributed by atoms with Crippen LogP contribution in [-0.2, 0) is 35.7 Å². The molecule has 0 atom stereocenters. The molecule has 1 aliphatic rings. The Hall–Kier alpha value is -5.36. The van der Waals surface area contributed by atoms with Gasteiger partial charge in [0.15, 0.2) is 6.29 Å². The largest absolute Gasteiger partial charge is 0.350 e. The first kappa shape index (κ1) is 47.7. The van der Waals surface area contributed by atoms with Crippen LogP contribution in [0.25, 0.3) is 22.8 Å². The molecule has 0 N–H and O–H groups in total. The molecule has 4 aromatic carbocycles. The monoisotopic (exact) mass is 1030 g/mol. The van der Waals surface area contributed by atoms with Gasteiger partial charge in [0.25, 0.3) is 0 Å². The van der Waals surface area contributed by atoms with E-state index in [1.165, 1.54) is 32.3 Å². The van der Waals surface area contributed by atoms with Crippen molar-refractivity contribution in [2.75, 3.05) is 13.2 Å². The Balaban J connectivity index is 0.000000187. The van der Waals surface area contributed by atoms with Gasteiger partial charge < -0.3 is 9.47 Å². The van der Waals surface area contributed by atoms with E-state index in [0.29, 0.717) is 13.2 Å². The normalized spacial score (nSPS) is 12.0. The standard InChI is InChI=1S/C26H22P2.C16H18N2O2.C10H8N2.CH4.Os/c1-5-13-23(14-6-1)27(24-15-7-2-8-16-24)21-22-28(25-17-9-3-10-18-25)26-19-11-4-12-20-26;1-12-4-6-17-14(10-12)15-11-13(5-7-18-15)2-3-16-19-8-9-20-16;1-3-7-11-9(5-1)10-6-2-4-8-12-10;;/h1-22H;4-7,10-11,16H,2-3,8-9H2,1H3;1-8H;1H4;/p+2. The van der Waals surface area contributed by atoms with E-state index in [1.54, 1.807) is 12.4 Å². The summed E-state index contributed by atoms with van der Waals surface area (Å²) in [4.78, 5) is 17.2. The maximum Gasteiger partial charge on any atom is 0.158 e. The topological polar surface area (TPSA) is 70.0 Å². The molecule has 9 rings (SSSR count). The van der Waals surface area contributed by atoms with Gasteiger partial charge in [0, 0.05) is 51.0 Å². The van der Waals surface area contributed by atoms with Gasteiger partial charge >= 0.3 is 0 Å². The summed E-state index contributed by atoms with van der Waals surface area (Å²) in [5.74, 6) is 5.01. The fourth-order valence-electron chi connectivity index (χ4n) is 6.69. The number of benzene rings is 4. The van der Waals surface area contributed by atoms with Gasteiger partial charge in [0.1, 0.15) is 32.9 Å². The molecule has 314 valence electrons. The fraction of sp³-hybridized carbons (Fsp3) is 0.132. The second-order valence-electron chi connectivity index (χ2n) is 14.0. The van der Waals surface area contributed by atoms with E-state index in [0.717, 1.165) is 35.6 Å². The maximum atomic E-state index is 5.46. The van der Waals surface area contributed by atoms with Gasteiger partial charge in [-0.15, -0.1) is 0 Å². The minimum Gasteiger partial charge on any atom is -0.350 e. The van der Waals surface area contributed by atoms with Crippen molar-refractivity contribution in [3.05, 3.63) is 230 Å². The van der Waals surface area contributed by atoms with Crippen molar-refractivity contribution in [3.8, 4) is 22.8 Å². The van der Waals surface area contributed by atoms with Gasteiger partial charge in [-0.3, -0.25) is 19.9 Å². The van der Waals surface area contributed by atoms with Crippen LogP contribution in [-0.4, -0.2) is 39.4 Å². The smallest absolute Gasteiger partial charge is 0.158 e. The molecule has 0 aliphatic carbocycles. The predicted molar refractivity (Wildman–Crippen MR) is 260 cm³/mol. The summed E-state index contributed by atoms with van der Waals surface area (Å²) in [6.45, 7) is 3.47. The van der Waals surface area contributed by atoms with Crippen LogP contribution in [0.15, 0.2) is 218 Å². The van der Waals surface area contributed by atoms with Crippen LogP contribution in [0.3, 0.4) is 0 Å². The molecule has 9 heteroatoms. The maximum absolute atomic E-state index is 5.46. The van der Waals surface area contributed by atoms with Crippen molar-refractivity contribution in [1.82, 2.24) is 19.9 Å². The van der Waals surface area contributed by atoms with Crippen LogP contribution in [0, 0.1) is 6.92 Å². The molecule has 8 aromatic rings. The first-order valence-corrected chi connectivity index (χ1v) is 23.4. The van der Waals surface area contributed by atoms with Gasteiger partial charge in [-0.25, -0.2) is 0 Å². The van der Waals surface area contributed by atoms with Crippen LogP contribution >= 0.6 is 15.8 Å². The molecule has 0 radical (unpaired) electrons. The minimum atomic E-state index is -0.964. The molecule has 0 amide bonds. The molecule has 1 saturated heterocycles. The van der Waals surface area contributed by atoms with Crippen LogP contribution in [0.4, 0.5) is 0 Å². The van der Waals surface area contributed by atoms with Crippen molar-refractivity contribution in [2.45, 2.75) is 33.5 Å². The first-order chi connectivity index (χ1) is 29.7. The summed E-state index contributed by atoms with van der Waals surface area (Å²) in [6.07, 6.45) is 8.94. The number of aryl methyl sites for hydroxylation is 2. The van der Waals surface area contributed by atoms with Crippen LogP contribution in [0.2, 0.25) is 0 Å². The number of hydrogen-bond donors (Lipinski definition) is 0. The number of nitrogens with zero attached hydrogens (tertiary/aromatic N) is 4. The van der Waals surface area contributed by atoms with Crippen molar-refractivity contribution in [3.63, 3.8) is 0 Å². The molecule has 4 aromatic heterocycles. The molecule has 62 heavy (non-hydrogen) atoms. The summed E-state index contributed by atoms with van der Waals surface area (Å²) in [7, 11) is -1.93. The van der Waals surface area contributed by atoms with E-state index in [2.05, 4.69) is 172 Å². The van der Waals surface area contributed by atoms with Crippen LogP contribution in [0.5, 0.6) is 0 Å². The Labute approximate surface area is 383 Å². The van der Waals surface area contributed by atoms with E-state index < -0.39 is 15.8 Å². The summed E-state index contributed by atoms with van der Waals surface area (Å²) in [6, 6.07) is 63.5. The molecule has 0 saturated carbocycles. The molecule has 6 nitrogen and oxygen atoms in total. The molecular formula is C53H54N4O2OsP2+2. The van der Waals surface area contributed by atoms with Crippen molar-refractivity contribution in [2.24, 2.45) is 0 Å². The Morgan fingerprint density at radius 1 is 0.468 bits per heavy atom. The second kappa shape index (κ2) is 26.2. The first-order valence-electron chi connectivity index (χ1n) is 20.3. The Morgan fingerprint density at radius 3 is 1.26 bits per heavy atom. The fourth-order valence-corrected chi connectivity index (χ4v) is 11.7. The zero-order valence-electron chi connectivity index (χ0n) is 34.1.